The molecule has 0 aliphatic carbocycles. The molecule has 0 radical (unpaired) electrons. The molecule has 4 nitrogen and oxygen atoms in total. The van der Waals surface area contributed by atoms with Gasteiger partial charge in [0.25, 0.3) is 0 Å². The topological polar surface area (TPSA) is 52.6 Å². The molecule has 0 saturated heterocycles. The molecule has 0 spiro atoms. The smallest absolute Gasteiger partial charge is 0.239 e. The first kappa shape index (κ1) is 13.4. The van der Waals surface area contributed by atoms with Crippen LogP contribution in [0.3, 0.4) is 0 Å². The number of carbonyl (C=O) groups excluding carboxylic acids is 1. The summed E-state index contributed by atoms with van der Waals surface area (Å²) in [6.07, 6.45) is 0. The van der Waals surface area contributed by atoms with Gasteiger partial charge in [0.1, 0.15) is 5.82 Å². The maximum absolute atomic E-state index is 13.0. The second-order valence-corrected chi connectivity index (χ2v) is 3.57. The molecule has 0 bridgehead atoms. The van der Waals surface area contributed by atoms with Crippen LogP contribution < -0.4 is 10.2 Å². The average Bonchev–Trinajstić information content (AvgIpc) is 2.33. The first-order valence-corrected chi connectivity index (χ1v) is 5.55. The molecule has 0 aromatic heterocycles. The first-order valence-electron chi connectivity index (χ1n) is 5.55. The summed E-state index contributed by atoms with van der Waals surface area (Å²) >= 11 is 0. The van der Waals surface area contributed by atoms with Crippen molar-refractivity contribution < 1.29 is 14.3 Å². The monoisotopic (exact) mass is 240 g/mol. The van der Waals surface area contributed by atoms with E-state index in [1.807, 2.05) is 6.92 Å². The normalized spacial score (nSPS) is 10.1. The van der Waals surface area contributed by atoms with Gasteiger partial charge in [-0.15, -0.1) is 0 Å². The second kappa shape index (κ2) is 6.85. The predicted octanol–water partition coefficient (Wildman–Crippen LogP) is 0.760. The Labute approximate surface area is 100 Å². The Kier molecular flexibility index (Phi) is 5.42. The van der Waals surface area contributed by atoms with Crippen LogP contribution in [0.25, 0.3) is 0 Å². The van der Waals surface area contributed by atoms with Gasteiger partial charge < -0.3 is 15.3 Å². The lowest BCUT2D eigenvalue weighted by atomic mass is 10.2. The van der Waals surface area contributed by atoms with Gasteiger partial charge in [-0.05, 0) is 25.1 Å². The minimum Gasteiger partial charge on any atom is -0.395 e. The number of nitrogens with zero attached hydrogens (tertiary/aromatic N) is 1. The van der Waals surface area contributed by atoms with Crippen LogP contribution in [0.5, 0.6) is 0 Å². The van der Waals surface area contributed by atoms with E-state index < -0.39 is 0 Å². The summed E-state index contributed by atoms with van der Waals surface area (Å²) in [7, 11) is 0. The molecule has 0 fully saturated rings. The van der Waals surface area contributed by atoms with Gasteiger partial charge in [-0.2, -0.15) is 0 Å². The van der Waals surface area contributed by atoms with Gasteiger partial charge >= 0.3 is 0 Å². The maximum atomic E-state index is 13.0. The molecule has 0 saturated carbocycles. The largest absolute Gasteiger partial charge is 0.395 e. The van der Waals surface area contributed by atoms with Crippen molar-refractivity contribution in [3.05, 3.63) is 30.1 Å². The fraction of sp³-hybridized carbons (Fsp3) is 0.417. The van der Waals surface area contributed by atoms with Gasteiger partial charge in [0.15, 0.2) is 0 Å². The molecule has 1 rings (SSSR count). The van der Waals surface area contributed by atoms with E-state index in [4.69, 9.17) is 5.11 Å². The lowest BCUT2D eigenvalue weighted by Crippen LogP contribution is -2.38. The van der Waals surface area contributed by atoms with E-state index in [2.05, 4.69) is 5.32 Å². The molecule has 0 unspecified atom stereocenters. The van der Waals surface area contributed by atoms with Gasteiger partial charge in [-0.3, -0.25) is 4.79 Å². The molecule has 0 heterocycles. The molecular formula is C12H17FN2O2. The van der Waals surface area contributed by atoms with Crippen LogP contribution in [0, 0.1) is 5.82 Å². The summed E-state index contributed by atoms with van der Waals surface area (Å²) in [5, 5.41) is 11.1. The number of rotatable bonds is 6. The maximum Gasteiger partial charge on any atom is 0.239 e. The molecule has 1 aromatic rings. The molecular weight excluding hydrogens is 223 g/mol. The lowest BCUT2D eigenvalue weighted by molar-refractivity contribution is -0.119. The van der Waals surface area contributed by atoms with E-state index in [1.165, 1.54) is 12.1 Å². The molecule has 5 heteroatoms. The summed E-state index contributed by atoms with van der Waals surface area (Å²) in [5.74, 6) is -0.512. The Morgan fingerprint density at radius 3 is 2.88 bits per heavy atom. The van der Waals surface area contributed by atoms with E-state index in [1.54, 1.807) is 17.0 Å². The number of benzene rings is 1. The van der Waals surface area contributed by atoms with E-state index in [0.29, 0.717) is 12.2 Å². The number of anilines is 1. The van der Waals surface area contributed by atoms with E-state index in [9.17, 15) is 9.18 Å². The van der Waals surface area contributed by atoms with Gasteiger partial charge in [-0.25, -0.2) is 4.39 Å². The Morgan fingerprint density at radius 1 is 1.53 bits per heavy atom. The van der Waals surface area contributed by atoms with Crippen LogP contribution in [0.1, 0.15) is 6.92 Å². The SMILES string of the molecule is CCN(CC(=O)NCCO)c1cccc(F)c1. The Hall–Kier alpha value is -1.62. The molecule has 2 N–H and O–H groups in total. The molecule has 0 aliphatic heterocycles. The second-order valence-electron chi connectivity index (χ2n) is 3.57. The third-order valence-electron chi connectivity index (χ3n) is 2.32. The van der Waals surface area contributed by atoms with Crippen LogP contribution in [0.15, 0.2) is 24.3 Å². The fourth-order valence-electron chi connectivity index (χ4n) is 1.48. The highest BCUT2D eigenvalue weighted by atomic mass is 19.1. The molecule has 1 aromatic carbocycles. The summed E-state index contributed by atoms with van der Waals surface area (Å²) in [5.41, 5.74) is 0.673. The van der Waals surface area contributed by atoms with Crippen molar-refractivity contribution >= 4 is 11.6 Å². The van der Waals surface area contributed by atoms with Crippen molar-refractivity contribution in [1.82, 2.24) is 5.32 Å². The van der Waals surface area contributed by atoms with Crippen molar-refractivity contribution in [3.8, 4) is 0 Å². The molecule has 1 amide bonds. The molecule has 0 aliphatic rings. The van der Waals surface area contributed by atoms with Crippen LogP contribution in [0.4, 0.5) is 10.1 Å². The summed E-state index contributed by atoms with van der Waals surface area (Å²) in [4.78, 5) is 13.2. The van der Waals surface area contributed by atoms with Crippen molar-refractivity contribution in [2.45, 2.75) is 6.92 Å². The van der Waals surface area contributed by atoms with Crippen molar-refractivity contribution in [1.29, 1.82) is 0 Å². The van der Waals surface area contributed by atoms with Gasteiger partial charge in [0, 0.05) is 18.8 Å². The third kappa shape index (κ3) is 4.40. The lowest BCUT2D eigenvalue weighted by Gasteiger charge is -2.22. The number of carbonyl (C=O) groups is 1. The Bertz CT molecular complexity index is 371. The number of aliphatic hydroxyl groups is 1. The molecule has 17 heavy (non-hydrogen) atoms. The number of hydrogen-bond acceptors (Lipinski definition) is 3. The Morgan fingerprint density at radius 2 is 2.29 bits per heavy atom. The predicted molar refractivity (Wildman–Crippen MR) is 64.4 cm³/mol. The standard InChI is InChI=1S/C12H17FN2O2/c1-2-15(9-12(17)14-6-7-16)11-5-3-4-10(13)8-11/h3-5,8,16H,2,6-7,9H2,1H3,(H,14,17). The van der Waals surface area contributed by atoms with E-state index >= 15 is 0 Å². The number of amides is 1. The van der Waals surface area contributed by atoms with Crippen molar-refractivity contribution in [3.63, 3.8) is 0 Å². The number of likely N-dealkylation sites (N-methyl/N-ethyl adjacent to an activating group) is 1. The number of halogens is 1. The summed E-state index contributed by atoms with van der Waals surface area (Å²) in [6.45, 7) is 2.80. The van der Waals surface area contributed by atoms with E-state index in [0.717, 1.165) is 0 Å². The van der Waals surface area contributed by atoms with E-state index in [-0.39, 0.29) is 31.4 Å². The zero-order valence-electron chi connectivity index (χ0n) is 9.82. The van der Waals surface area contributed by atoms with Gasteiger partial charge in [0.2, 0.25) is 5.91 Å². The highest BCUT2D eigenvalue weighted by Crippen LogP contribution is 2.14. The average molecular weight is 240 g/mol. The van der Waals surface area contributed by atoms with Gasteiger partial charge in [0.05, 0.1) is 13.2 Å². The number of hydrogen-bond donors (Lipinski definition) is 2. The van der Waals surface area contributed by atoms with Crippen LogP contribution in [0.2, 0.25) is 0 Å². The minimum absolute atomic E-state index is 0.0855. The van der Waals surface area contributed by atoms with Crippen LogP contribution >= 0.6 is 0 Å². The molecule has 94 valence electrons. The summed E-state index contributed by atoms with van der Waals surface area (Å²) < 4.78 is 13.0. The quantitative estimate of drug-likeness (QED) is 0.772. The van der Waals surface area contributed by atoms with Crippen molar-refractivity contribution in [2.24, 2.45) is 0 Å². The van der Waals surface area contributed by atoms with Crippen LogP contribution in [-0.2, 0) is 4.79 Å². The summed E-state index contributed by atoms with van der Waals surface area (Å²) in [6, 6.07) is 6.12. The minimum atomic E-state index is -0.322. The third-order valence-corrected chi connectivity index (χ3v) is 2.32. The van der Waals surface area contributed by atoms with Crippen molar-refractivity contribution in [2.75, 3.05) is 31.1 Å². The molecule has 0 atom stereocenters. The number of aliphatic hydroxyl groups excluding tert-OH is 1. The number of nitrogens with one attached hydrogen (secondary N) is 1. The fourth-order valence-corrected chi connectivity index (χ4v) is 1.48. The first-order chi connectivity index (χ1) is 8.17. The highest BCUT2D eigenvalue weighted by Gasteiger charge is 2.09. The van der Waals surface area contributed by atoms with Crippen LogP contribution in [-0.4, -0.2) is 37.3 Å². The zero-order chi connectivity index (χ0) is 12.7. The Balaban J connectivity index is 2.62. The van der Waals surface area contributed by atoms with Gasteiger partial charge in [-0.1, -0.05) is 6.07 Å². The zero-order valence-corrected chi connectivity index (χ0v) is 9.82. The highest BCUT2D eigenvalue weighted by molar-refractivity contribution is 5.81.